The summed E-state index contributed by atoms with van der Waals surface area (Å²) in [5.41, 5.74) is 2.81. The number of ether oxygens (including phenoxy) is 1. The molecule has 3 rings (SSSR count). The number of aryl methyl sites for hydroxylation is 1. The zero-order valence-corrected chi connectivity index (χ0v) is 19.0. The Labute approximate surface area is 183 Å². The van der Waals surface area contributed by atoms with Gasteiger partial charge in [-0.1, -0.05) is 30.8 Å². The minimum atomic E-state index is -0.0506. The van der Waals surface area contributed by atoms with E-state index < -0.39 is 0 Å². The summed E-state index contributed by atoms with van der Waals surface area (Å²) in [6, 6.07) is 9.86. The predicted molar refractivity (Wildman–Crippen MR) is 122 cm³/mol. The van der Waals surface area contributed by atoms with E-state index in [1.807, 2.05) is 24.3 Å². The van der Waals surface area contributed by atoms with Gasteiger partial charge < -0.3 is 15.0 Å². The van der Waals surface area contributed by atoms with E-state index in [0.717, 1.165) is 66.9 Å². The number of benzene rings is 1. The highest BCUT2D eigenvalue weighted by Crippen LogP contribution is 2.23. The number of carbonyl (C=O) groups excluding carboxylic acids is 1. The molecule has 6 nitrogen and oxygen atoms in total. The van der Waals surface area contributed by atoms with Crippen LogP contribution >= 0.6 is 11.8 Å². The molecule has 1 aliphatic rings. The summed E-state index contributed by atoms with van der Waals surface area (Å²) in [6.45, 7) is 9.60. The molecule has 1 fully saturated rings. The molecule has 162 valence electrons. The Balaban J connectivity index is 1.63. The normalized spacial score (nSPS) is 15.9. The molecule has 1 aliphatic heterocycles. The Kier molecular flexibility index (Phi) is 8.51. The third kappa shape index (κ3) is 6.19. The van der Waals surface area contributed by atoms with Gasteiger partial charge in [-0.2, -0.15) is 0 Å². The zero-order valence-electron chi connectivity index (χ0n) is 18.2. The van der Waals surface area contributed by atoms with E-state index in [-0.39, 0.29) is 12.0 Å². The van der Waals surface area contributed by atoms with E-state index in [9.17, 15) is 4.79 Å². The van der Waals surface area contributed by atoms with Gasteiger partial charge in [-0.05, 0) is 50.8 Å². The highest BCUT2D eigenvalue weighted by atomic mass is 32.2. The van der Waals surface area contributed by atoms with E-state index in [1.54, 1.807) is 11.8 Å². The van der Waals surface area contributed by atoms with Gasteiger partial charge in [-0.15, -0.1) is 0 Å². The number of hydrogen-bond donors (Lipinski definition) is 1. The van der Waals surface area contributed by atoms with Crippen molar-refractivity contribution in [1.29, 1.82) is 0 Å². The second kappa shape index (κ2) is 11.3. The van der Waals surface area contributed by atoms with Crippen LogP contribution in [0.4, 0.5) is 5.82 Å². The van der Waals surface area contributed by atoms with E-state index in [0.29, 0.717) is 12.1 Å². The first-order chi connectivity index (χ1) is 14.6. The van der Waals surface area contributed by atoms with Gasteiger partial charge in [-0.3, -0.25) is 4.79 Å². The predicted octanol–water partition coefficient (Wildman–Crippen LogP) is 4.09. The van der Waals surface area contributed by atoms with Crippen molar-refractivity contribution < 1.29 is 9.53 Å². The van der Waals surface area contributed by atoms with Crippen LogP contribution in [0, 0.1) is 0 Å². The van der Waals surface area contributed by atoms with Gasteiger partial charge >= 0.3 is 0 Å². The molecular weight excluding hydrogens is 396 g/mol. The van der Waals surface area contributed by atoms with Gasteiger partial charge in [-0.25, -0.2) is 9.97 Å². The van der Waals surface area contributed by atoms with Crippen LogP contribution in [0.25, 0.3) is 0 Å². The smallest absolute Gasteiger partial charge is 0.251 e. The molecule has 1 N–H and O–H groups in total. The fourth-order valence-corrected chi connectivity index (χ4v) is 4.29. The molecule has 1 aromatic carbocycles. The van der Waals surface area contributed by atoms with E-state index >= 15 is 0 Å². The molecule has 2 heterocycles. The summed E-state index contributed by atoms with van der Waals surface area (Å²) in [7, 11) is 0. The van der Waals surface area contributed by atoms with Gasteiger partial charge in [0.25, 0.3) is 5.91 Å². The monoisotopic (exact) mass is 428 g/mol. The molecule has 1 saturated heterocycles. The van der Waals surface area contributed by atoms with E-state index in [1.165, 1.54) is 0 Å². The maximum atomic E-state index is 12.5. The first-order valence-corrected chi connectivity index (χ1v) is 11.9. The molecule has 0 saturated carbocycles. The van der Waals surface area contributed by atoms with Crippen molar-refractivity contribution in [3.05, 3.63) is 47.2 Å². The van der Waals surface area contributed by atoms with Crippen LogP contribution in [-0.4, -0.2) is 48.2 Å². The van der Waals surface area contributed by atoms with Crippen molar-refractivity contribution in [2.45, 2.75) is 57.0 Å². The number of hydrogen-bond acceptors (Lipinski definition) is 6. The summed E-state index contributed by atoms with van der Waals surface area (Å²) in [5.74, 6) is 1.65. The lowest BCUT2D eigenvalue weighted by Crippen LogP contribution is -2.31. The summed E-state index contributed by atoms with van der Waals surface area (Å²) in [4.78, 5) is 24.2. The van der Waals surface area contributed by atoms with Gasteiger partial charge in [0.1, 0.15) is 5.82 Å². The highest BCUT2D eigenvalue weighted by molar-refractivity contribution is 7.98. The zero-order chi connectivity index (χ0) is 21.3. The maximum Gasteiger partial charge on any atom is 0.251 e. The van der Waals surface area contributed by atoms with Crippen molar-refractivity contribution in [2.24, 2.45) is 0 Å². The molecule has 0 spiro atoms. The molecule has 30 heavy (non-hydrogen) atoms. The first kappa shape index (κ1) is 22.6. The van der Waals surface area contributed by atoms with Crippen LogP contribution in [0.3, 0.4) is 0 Å². The van der Waals surface area contributed by atoms with Crippen LogP contribution in [-0.2, 0) is 16.9 Å². The van der Waals surface area contributed by atoms with Gasteiger partial charge in [0, 0.05) is 49.3 Å². The summed E-state index contributed by atoms with van der Waals surface area (Å²) in [5, 5.41) is 3.77. The summed E-state index contributed by atoms with van der Waals surface area (Å²) < 4.78 is 5.58. The topological polar surface area (TPSA) is 67.4 Å². The van der Waals surface area contributed by atoms with E-state index in [4.69, 9.17) is 9.72 Å². The molecule has 1 amide bonds. The Morgan fingerprint density at radius 3 is 2.77 bits per heavy atom. The first-order valence-electron chi connectivity index (χ1n) is 10.9. The molecule has 2 aromatic rings. The Hall–Kier alpha value is -2.12. The fourth-order valence-electron chi connectivity index (χ4n) is 3.48. The van der Waals surface area contributed by atoms with Crippen LogP contribution < -0.4 is 10.2 Å². The molecule has 0 aliphatic carbocycles. The third-order valence-electron chi connectivity index (χ3n) is 5.27. The largest absolute Gasteiger partial charge is 0.376 e. The SMILES string of the molecule is CCc1cc(N(CC)CC)nc(SCc2cccc(C(=O)NCC3CCCO3)c2)n1. The maximum absolute atomic E-state index is 12.5. The van der Waals surface area contributed by atoms with Crippen molar-refractivity contribution in [2.75, 3.05) is 31.1 Å². The van der Waals surface area contributed by atoms with Crippen LogP contribution in [0.2, 0.25) is 0 Å². The number of anilines is 1. The van der Waals surface area contributed by atoms with Gasteiger partial charge in [0.15, 0.2) is 5.16 Å². The lowest BCUT2D eigenvalue weighted by molar-refractivity contribution is 0.0857. The van der Waals surface area contributed by atoms with Crippen molar-refractivity contribution in [1.82, 2.24) is 15.3 Å². The number of carbonyl (C=O) groups is 1. The number of amides is 1. The van der Waals surface area contributed by atoms with Gasteiger partial charge in [0.2, 0.25) is 0 Å². The quantitative estimate of drug-likeness (QED) is 0.454. The van der Waals surface area contributed by atoms with Crippen LogP contribution in [0.1, 0.15) is 55.2 Å². The molecule has 1 aromatic heterocycles. The summed E-state index contributed by atoms with van der Waals surface area (Å²) >= 11 is 1.61. The Morgan fingerprint density at radius 1 is 1.23 bits per heavy atom. The van der Waals surface area contributed by atoms with Gasteiger partial charge in [0.05, 0.1) is 6.10 Å². The van der Waals surface area contributed by atoms with Crippen LogP contribution in [0.15, 0.2) is 35.5 Å². The van der Waals surface area contributed by atoms with Crippen molar-refractivity contribution in [3.63, 3.8) is 0 Å². The molecule has 0 radical (unpaired) electrons. The second-order valence-electron chi connectivity index (χ2n) is 7.36. The Bertz CT molecular complexity index is 836. The lowest BCUT2D eigenvalue weighted by atomic mass is 10.1. The Morgan fingerprint density at radius 2 is 2.07 bits per heavy atom. The second-order valence-corrected chi connectivity index (χ2v) is 8.30. The van der Waals surface area contributed by atoms with E-state index in [2.05, 4.69) is 42.0 Å². The average molecular weight is 429 g/mol. The number of rotatable bonds is 10. The summed E-state index contributed by atoms with van der Waals surface area (Å²) in [6.07, 6.45) is 3.12. The number of thioether (sulfide) groups is 1. The molecule has 1 unspecified atom stereocenters. The number of nitrogens with zero attached hydrogens (tertiary/aromatic N) is 3. The minimum absolute atomic E-state index is 0.0506. The van der Waals surface area contributed by atoms with Crippen molar-refractivity contribution in [3.8, 4) is 0 Å². The minimum Gasteiger partial charge on any atom is -0.376 e. The number of nitrogens with one attached hydrogen (secondary N) is 1. The molecule has 0 bridgehead atoms. The fraction of sp³-hybridized carbons (Fsp3) is 0.522. The standard InChI is InChI=1S/C23H32N4O2S/c1-4-19-14-21(27(5-2)6-3)26-23(25-19)30-16-17-9-7-10-18(13-17)22(28)24-15-20-11-8-12-29-20/h7,9-10,13-14,20H,4-6,8,11-12,15-16H2,1-3H3,(H,24,28). The lowest BCUT2D eigenvalue weighted by Gasteiger charge is -2.20. The van der Waals surface area contributed by atoms with Crippen LogP contribution in [0.5, 0.6) is 0 Å². The average Bonchev–Trinajstić information content (AvgIpc) is 3.30. The molecule has 1 atom stereocenters. The highest BCUT2D eigenvalue weighted by Gasteiger charge is 2.17. The molecule has 7 heteroatoms. The number of aromatic nitrogens is 2. The molecular formula is C23H32N4O2S. The third-order valence-corrected chi connectivity index (χ3v) is 6.18. The van der Waals surface area contributed by atoms with Crippen molar-refractivity contribution >= 4 is 23.5 Å².